The third-order valence-corrected chi connectivity index (χ3v) is 4.14. The number of aliphatic hydroxyl groups excluding tert-OH is 1. The quantitative estimate of drug-likeness (QED) is 0.591. The van der Waals surface area contributed by atoms with Gasteiger partial charge in [-0.15, -0.1) is 0 Å². The van der Waals surface area contributed by atoms with E-state index in [1.165, 1.54) is 19.1 Å². The Kier molecular flexibility index (Phi) is 14.1. The maximum Gasteiger partial charge on any atom is 0.261 e. The van der Waals surface area contributed by atoms with Crippen LogP contribution >= 0.6 is 0 Å². The molecule has 0 saturated carbocycles. The second-order valence-corrected chi connectivity index (χ2v) is 6.98. The fraction of sp³-hybridized carbons (Fsp3) is 0.286. The zero-order valence-electron chi connectivity index (χ0n) is 15.7. The zero-order chi connectivity index (χ0) is 20.9. The molecule has 0 unspecified atom stereocenters. The summed E-state index contributed by atoms with van der Waals surface area (Å²) in [7, 11) is -2.74. The van der Waals surface area contributed by atoms with Crippen molar-refractivity contribution in [2.45, 2.75) is 33.1 Å². The van der Waals surface area contributed by atoms with Gasteiger partial charge in [-0.05, 0) is 49.4 Å². The van der Waals surface area contributed by atoms with Crippen LogP contribution in [0.1, 0.15) is 33.8 Å². The number of hydrogen-bond donors (Lipinski definition) is 2. The average molecular weight is 410 g/mol. The highest BCUT2D eigenvalue weighted by Gasteiger charge is 2.14. The van der Waals surface area contributed by atoms with Crippen molar-refractivity contribution in [1.82, 2.24) is 0 Å². The highest BCUT2D eigenvalue weighted by molar-refractivity contribution is 7.92. The molecule has 0 spiro atoms. The third-order valence-electron chi connectivity index (χ3n) is 2.74. The number of aldehydes is 1. The van der Waals surface area contributed by atoms with Crippen molar-refractivity contribution in [2.24, 2.45) is 5.92 Å². The first-order valence-corrected chi connectivity index (χ1v) is 9.51. The minimum Gasteiger partial charge on any atom is -0.400 e. The van der Waals surface area contributed by atoms with E-state index in [4.69, 9.17) is 9.90 Å². The fourth-order valence-corrected chi connectivity index (χ4v) is 2.77. The molecule has 0 bridgehead atoms. The normalized spacial score (nSPS) is 9.25. The molecule has 28 heavy (non-hydrogen) atoms. The molecule has 0 aliphatic rings. The van der Waals surface area contributed by atoms with Crippen molar-refractivity contribution < 1.29 is 22.7 Å². The van der Waals surface area contributed by atoms with Crippen molar-refractivity contribution >= 4 is 22.0 Å². The maximum atomic E-state index is 12.9. The molecule has 2 N–H and O–H groups in total. The van der Waals surface area contributed by atoms with Gasteiger partial charge >= 0.3 is 0 Å². The van der Waals surface area contributed by atoms with Crippen LogP contribution in [0.15, 0.2) is 53.4 Å². The van der Waals surface area contributed by atoms with E-state index in [1.54, 1.807) is 18.2 Å². The monoisotopic (exact) mass is 409 g/mol. The molecule has 0 aromatic heterocycles. The number of carbonyl (C=O) groups is 1. The van der Waals surface area contributed by atoms with E-state index in [1.807, 2.05) is 19.9 Å². The molecule has 0 heterocycles. The number of nitrogens with one attached hydrogen (secondary N) is 1. The molecule has 5 nitrogen and oxygen atoms in total. The topological polar surface area (TPSA) is 83.5 Å². The van der Waals surface area contributed by atoms with Gasteiger partial charge in [0.2, 0.25) is 0 Å². The van der Waals surface area contributed by atoms with Gasteiger partial charge in [0.05, 0.1) is 10.6 Å². The number of benzene rings is 2. The van der Waals surface area contributed by atoms with E-state index in [2.05, 4.69) is 16.6 Å². The molecule has 0 radical (unpaired) electrons. The Hall–Kier alpha value is -2.69. The van der Waals surface area contributed by atoms with Crippen molar-refractivity contribution in [1.29, 1.82) is 0 Å². The van der Waals surface area contributed by atoms with Crippen LogP contribution in [0, 0.1) is 23.6 Å². The molecule has 2 aromatic rings. The molecule has 2 aromatic carbocycles. The number of carbonyl (C=O) groups excluding carboxylic acids is 1. The summed E-state index contributed by atoms with van der Waals surface area (Å²) in [5, 5.41) is 7.00. The van der Waals surface area contributed by atoms with Gasteiger partial charge in [-0.3, -0.25) is 4.72 Å². The summed E-state index contributed by atoms with van der Waals surface area (Å²) in [5.41, 5.74) is 1.15. The Bertz CT molecular complexity index is 867. The molecular formula is C21H28FNO4S. The van der Waals surface area contributed by atoms with Crippen LogP contribution in [0.4, 0.5) is 10.1 Å². The van der Waals surface area contributed by atoms with E-state index < -0.39 is 15.8 Å². The lowest BCUT2D eigenvalue weighted by atomic mass is 10.1. The fourth-order valence-electron chi connectivity index (χ4n) is 1.72. The van der Waals surface area contributed by atoms with E-state index >= 15 is 0 Å². The van der Waals surface area contributed by atoms with Crippen LogP contribution in [0.2, 0.25) is 0 Å². The standard InChI is InChI=1S/C17H16FNO2S.C2H4O.CH4O.CH4/c1-13(2)6-7-14-4-3-5-16(12-14)19-22(20,21)17-10-8-15(18)9-11-17;1-2-3;1-2;/h3-5,8-13,19H,1-2H3;2H,1H3;2H,1H3;1H4. The van der Waals surface area contributed by atoms with Crippen molar-refractivity contribution in [3.05, 3.63) is 59.9 Å². The first-order chi connectivity index (χ1) is 12.8. The average Bonchev–Trinajstić information content (AvgIpc) is 2.63. The van der Waals surface area contributed by atoms with E-state index in [9.17, 15) is 12.8 Å². The number of rotatable bonds is 3. The van der Waals surface area contributed by atoms with E-state index in [0.717, 1.165) is 31.1 Å². The first kappa shape index (κ1) is 27.5. The maximum absolute atomic E-state index is 12.9. The summed E-state index contributed by atoms with van der Waals surface area (Å²) in [6.45, 7) is 5.40. The van der Waals surface area contributed by atoms with Crippen LogP contribution in [-0.2, 0) is 14.8 Å². The van der Waals surface area contributed by atoms with Crippen LogP contribution in [0.5, 0.6) is 0 Å². The largest absolute Gasteiger partial charge is 0.400 e. The van der Waals surface area contributed by atoms with Crippen LogP contribution in [0.25, 0.3) is 0 Å². The number of halogens is 1. The Morgan fingerprint density at radius 2 is 1.64 bits per heavy atom. The van der Waals surface area contributed by atoms with Crippen molar-refractivity contribution in [3.8, 4) is 11.8 Å². The number of hydrogen-bond acceptors (Lipinski definition) is 4. The summed E-state index contributed by atoms with van der Waals surface area (Å²) in [5.74, 6) is 5.76. The van der Waals surface area contributed by atoms with Crippen molar-refractivity contribution in [3.63, 3.8) is 0 Å². The minimum absolute atomic E-state index is 0. The van der Waals surface area contributed by atoms with Crippen LogP contribution < -0.4 is 4.72 Å². The molecule has 0 fully saturated rings. The molecule has 154 valence electrons. The molecule has 0 amide bonds. The Balaban J connectivity index is 0. The van der Waals surface area contributed by atoms with Crippen molar-refractivity contribution in [2.75, 3.05) is 11.8 Å². The number of aliphatic hydroxyl groups is 1. The molecule has 0 saturated heterocycles. The summed E-state index contributed by atoms with van der Waals surface area (Å²) in [6, 6.07) is 11.5. The summed E-state index contributed by atoms with van der Waals surface area (Å²) in [6.07, 6.45) is 0.750. The lowest BCUT2D eigenvalue weighted by Crippen LogP contribution is -2.12. The molecule has 0 atom stereocenters. The van der Waals surface area contributed by atoms with Crippen LogP contribution in [-0.4, -0.2) is 26.9 Å². The highest BCUT2D eigenvalue weighted by atomic mass is 32.2. The predicted molar refractivity (Wildman–Crippen MR) is 112 cm³/mol. The molecule has 2 rings (SSSR count). The van der Waals surface area contributed by atoms with Gasteiger partial charge < -0.3 is 9.90 Å². The summed E-state index contributed by atoms with van der Waals surface area (Å²) in [4.78, 5) is 8.81. The molecular weight excluding hydrogens is 381 g/mol. The van der Waals surface area contributed by atoms with Crippen LogP contribution in [0.3, 0.4) is 0 Å². The van der Waals surface area contributed by atoms with Gasteiger partial charge in [0, 0.05) is 18.6 Å². The zero-order valence-corrected chi connectivity index (χ0v) is 16.5. The SMILES string of the molecule is C.CC(C)C#Cc1cccc(NS(=O)(=O)c2ccc(F)cc2)c1.CC=O.CO. The minimum atomic E-state index is -3.74. The lowest BCUT2D eigenvalue weighted by molar-refractivity contribution is -0.106. The van der Waals surface area contributed by atoms with Gasteiger partial charge in [0.1, 0.15) is 12.1 Å². The van der Waals surface area contributed by atoms with Gasteiger partial charge in [-0.2, -0.15) is 0 Å². The van der Waals surface area contributed by atoms with Gasteiger partial charge in [-0.25, -0.2) is 12.8 Å². The lowest BCUT2D eigenvalue weighted by Gasteiger charge is -2.08. The van der Waals surface area contributed by atoms with Gasteiger partial charge in [0.15, 0.2) is 0 Å². The molecule has 0 aliphatic heterocycles. The van der Waals surface area contributed by atoms with E-state index in [-0.39, 0.29) is 18.2 Å². The summed E-state index contributed by atoms with van der Waals surface area (Å²) < 4.78 is 39.8. The Morgan fingerprint density at radius 3 is 2.14 bits per heavy atom. The number of sulfonamides is 1. The third kappa shape index (κ3) is 10.5. The Morgan fingerprint density at radius 1 is 1.11 bits per heavy atom. The smallest absolute Gasteiger partial charge is 0.261 e. The predicted octanol–water partition coefficient (Wildman–Crippen LogP) is 4.08. The molecule has 0 aliphatic carbocycles. The Labute approximate surface area is 167 Å². The molecule has 7 heteroatoms. The van der Waals surface area contributed by atoms with E-state index in [0.29, 0.717) is 5.69 Å². The first-order valence-electron chi connectivity index (χ1n) is 8.03. The second kappa shape index (κ2) is 14.4. The number of anilines is 1. The highest BCUT2D eigenvalue weighted by Crippen LogP contribution is 2.17. The summed E-state index contributed by atoms with van der Waals surface area (Å²) >= 11 is 0. The van der Waals surface area contributed by atoms with Gasteiger partial charge in [-0.1, -0.05) is 39.2 Å². The van der Waals surface area contributed by atoms with Gasteiger partial charge in [0.25, 0.3) is 10.0 Å². The second-order valence-electron chi connectivity index (χ2n) is 5.30.